The molecule has 0 aromatic heterocycles. The highest BCUT2D eigenvalue weighted by atomic mass is 79.9. The molecule has 0 bridgehead atoms. The lowest BCUT2D eigenvalue weighted by molar-refractivity contribution is 0.111. The second kappa shape index (κ2) is 7.02. The summed E-state index contributed by atoms with van der Waals surface area (Å²) in [5.74, 6) is 0. The molecule has 120 valence electrons. The van der Waals surface area contributed by atoms with Crippen molar-refractivity contribution in [3.8, 4) is 0 Å². The molecule has 2 heteroatoms. The Kier molecular flexibility index (Phi) is 5.03. The van der Waals surface area contributed by atoms with E-state index in [9.17, 15) is 0 Å². The Morgan fingerprint density at radius 3 is 2.57 bits per heavy atom. The van der Waals surface area contributed by atoms with E-state index in [1.165, 1.54) is 22.3 Å². The second-order valence-electron chi connectivity index (χ2n) is 6.40. The molecular formula is C21H24BrN. The number of hydrogen-bond donors (Lipinski definition) is 0. The average Bonchev–Trinajstić information content (AvgIpc) is 2.57. The molecule has 0 saturated carbocycles. The highest BCUT2D eigenvalue weighted by molar-refractivity contribution is 9.10. The van der Waals surface area contributed by atoms with Crippen LogP contribution in [0, 0.1) is 0 Å². The Balaban J connectivity index is 1.78. The summed E-state index contributed by atoms with van der Waals surface area (Å²) in [6, 6.07) is 18.3. The molecule has 0 aliphatic carbocycles. The van der Waals surface area contributed by atoms with Gasteiger partial charge in [0, 0.05) is 23.1 Å². The molecule has 0 amide bonds. The number of aryl methyl sites for hydroxylation is 1. The topological polar surface area (TPSA) is 3.24 Å². The molecule has 1 heterocycles. The SMILES string of the molecule is C=C1CN(C(C)c2cccc(Br)c2)C1Cc1ccccc1CC. The van der Waals surface area contributed by atoms with Crippen LogP contribution in [0.15, 0.2) is 65.2 Å². The number of benzene rings is 2. The Hall–Kier alpha value is -1.38. The van der Waals surface area contributed by atoms with Crippen LogP contribution in [0.2, 0.25) is 0 Å². The van der Waals surface area contributed by atoms with Crippen LogP contribution in [0.1, 0.15) is 36.6 Å². The van der Waals surface area contributed by atoms with E-state index in [2.05, 4.69) is 89.8 Å². The molecule has 2 aromatic rings. The number of likely N-dealkylation sites (tertiary alicyclic amines) is 1. The monoisotopic (exact) mass is 369 g/mol. The molecular weight excluding hydrogens is 346 g/mol. The summed E-state index contributed by atoms with van der Waals surface area (Å²) in [6.45, 7) is 9.82. The lowest BCUT2D eigenvalue weighted by Gasteiger charge is -2.47. The highest BCUT2D eigenvalue weighted by Crippen LogP contribution is 2.35. The van der Waals surface area contributed by atoms with Gasteiger partial charge in [0.2, 0.25) is 0 Å². The molecule has 3 rings (SSSR count). The highest BCUT2D eigenvalue weighted by Gasteiger charge is 2.35. The smallest absolute Gasteiger partial charge is 0.0367 e. The van der Waals surface area contributed by atoms with Crippen LogP contribution >= 0.6 is 15.9 Å². The van der Waals surface area contributed by atoms with Crippen molar-refractivity contribution >= 4 is 15.9 Å². The number of nitrogens with zero attached hydrogens (tertiary/aromatic N) is 1. The van der Waals surface area contributed by atoms with Gasteiger partial charge in [-0.2, -0.15) is 0 Å². The van der Waals surface area contributed by atoms with E-state index in [0.29, 0.717) is 12.1 Å². The zero-order chi connectivity index (χ0) is 16.4. The van der Waals surface area contributed by atoms with Crippen molar-refractivity contribution in [2.45, 2.75) is 38.8 Å². The van der Waals surface area contributed by atoms with Crippen LogP contribution in [0.5, 0.6) is 0 Å². The number of hydrogen-bond acceptors (Lipinski definition) is 1. The molecule has 2 aromatic carbocycles. The molecule has 2 unspecified atom stereocenters. The van der Waals surface area contributed by atoms with Crippen LogP contribution in [-0.2, 0) is 12.8 Å². The zero-order valence-corrected chi connectivity index (χ0v) is 15.5. The van der Waals surface area contributed by atoms with Crippen LogP contribution in [0.25, 0.3) is 0 Å². The number of halogens is 1. The summed E-state index contributed by atoms with van der Waals surface area (Å²) in [5, 5.41) is 0. The fraction of sp³-hybridized carbons (Fsp3) is 0.333. The third-order valence-corrected chi connectivity index (χ3v) is 5.49. The molecule has 1 fully saturated rings. The molecule has 0 spiro atoms. The van der Waals surface area contributed by atoms with Gasteiger partial charge in [-0.1, -0.05) is 65.8 Å². The van der Waals surface area contributed by atoms with Gasteiger partial charge in [-0.05, 0) is 54.2 Å². The standard InChI is InChI=1S/C21H24BrN/c1-4-17-8-5-6-9-19(17)13-21-15(2)14-23(21)16(3)18-10-7-11-20(22)12-18/h5-12,16,21H,2,4,13-14H2,1,3H3. The molecule has 1 aliphatic rings. The maximum Gasteiger partial charge on any atom is 0.0367 e. The van der Waals surface area contributed by atoms with Crippen molar-refractivity contribution in [3.63, 3.8) is 0 Å². The Morgan fingerprint density at radius 2 is 1.91 bits per heavy atom. The zero-order valence-electron chi connectivity index (χ0n) is 13.9. The van der Waals surface area contributed by atoms with Crippen molar-refractivity contribution < 1.29 is 0 Å². The lowest BCUT2D eigenvalue weighted by atomic mass is 9.86. The van der Waals surface area contributed by atoms with Crippen molar-refractivity contribution in [3.05, 3.63) is 81.8 Å². The van der Waals surface area contributed by atoms with E-state index < -0.39 is 0 Å². The minimum Gasteiger partial charge on any atom is -0.286 e. The predicted octanol–water partition coefficient (Wildman–Crippen LogP) is 5.56. The first-order valence-electron chi connectivity index (χ1n) is 8.35. The minimum absolute atomic E-state index is 0.414. The maximum absolute atomic E-state index is 4.29. The third-order valence-electron chi connectivity index (χ3n) is 5.00. The molecule has 2 atom stereocenters. The van der Waals surface area contributed by atoms with E-state index in [1.54, 1.807) is 0 Å². The normalized spacial score (nSPS) is 19.4. The van der Waals surface area contributed by atoms with Crippen molar-refractivity contribution in [2.24, 2.45) is 0 Å². The summed E-state index contributed by atoms with van der Waals surface area (Å²) in [6.07, 6.45) is 2.16. The average molecular weight is 370 g/mol. The summed E-state index contributed by atoms with van der Waals surface area (Å²) in [5.41, 5.74) is 5.65. The van der Waals surface area contributed by atoms with Gasteiger partial charge in [-0.15, -0.1) is 0 Å². The predicted molar refractivity (Wildman–Crippen MR) is 102 cm³/mol. The van der Waals surface area contributed by atoms with Gasteiger partial charge >= 0.3 is 0 Å². The van der Waals surface area contributed by atoms with Gasteiger partial charge in [0.25, 0.3) is 0 Å². The van der Waals surface area contributed by atoms with E-state index in [0.717, 1.165) is 23.9 Å². The van der Waals surface area contributed by atoms with E-state index in [4.69, 9.17) is 0 Å². The molecule has 1 aliphatic heterocycles. The van der Waals surface area contributed by atoms with Gasteiger partial charge in [-0.3, -0.25) is 4.90 Å². The van der Waals surface area contributed by atoms with E-state index in [1.807, 2.05) is 0 Å². The van der Waals surface area contributed by atoms with Gasteiger partial charge in [0.05, 0.1) is 0 Å². The minimum atomic E-state index is 0.414. The molecule has 23 heavy (non-hydrogen) atoms. The van der Waals surface area contributed by atoms with Crippen molar-refractivity contribution in [2.75, 3.05) is 6.54 Å². The molecule has 1 saturated heterocycles. The molecule has 1 nitrogen and oxygen atoms in total. The fourth-order valence-corrected chi connectivity index (χ4v) is 3.93. The first-order valence-corrected chi connectivity index (χ1v) is 9.15. The largest absolute Gasteiger partial charge is 0.286 e. The van der Waals surface area contributed by atoms with Crippen molar-refractivity contribution in [1.82, 2.24) is 4.90 Å². The van der Waals surface area contributed by atoms with Gasteiger partial charge in [0.15, 0.2) is 0 Å². The number of rotatable bonds is 5. The first-order chi connectivity index (χ1) is 11.1. The van der Waals surface area contributed by atoms with Crippen LogP contribution in [-0.4, -0.2) is 17.5 Å². The van der Waals surface area contributed by atoms with Crippen molar-refractivity contribution in [1.29, 1.82) is 0 Å². The van der Waals surface area contributed by atoms with Gasteiger partial charge < -0.3 is 0 Å². The Morgan fingerprint density at radius 1 is 1.17 bits per heavy atom. The Labute approximate surface area is 148 Å². The second-order valence-corrected chi connectivity index (χ2v) is 7.32. The van der Waals surface area contributed by atoms with Crippen LogP contribution in [0.4, 0.5) is 0 Å². The van der Waals surface area contributed by atoms with E-state index >= 15 is 0 Å². The third kappa shape index (κ3) is 3.44. The quantitative estimate of drug-likeness (QED) is 0.623. The van der Waals surface area contributed by atoms with Gasteiger partial charge in [0.1, 0.15) is 0 Å². The first kappa shape index (κ1) is 16.5. The summed E-state index contributed by atoms with van der Waals surface area (Å²) < 4.78 is 1.15. The fourth-order valence-electron chi connectivity index (χ4n) is 3.51. The summed E-state index contributed by atoms with van der Waals surface area (Å²) >= 11 is 3.58. The van der Waals surface area contributed by atoms with E-state index in [-0.39, 0.29) is 0 Å². The molecule has 0 N–H and O–H groups in total. The Bertz CT molecular complexity index is 706. The maximum atomic E-state index is 4.29. The van der Waals surface area contributed by atoms with Crippen LogP contribution in [0.3, 0.4) is 0 Å². The lowest BCUT2D eigenvalue weighted by Crippen LogP contribution is -2.52. The van der Waals surface area contributed by atoms with Crippen LogP contribution < -0.4 is 0 Å². The summed E-state index contributed by atoms with van der Waals surface area (Å²) in [7, 11) is 0. The molecule has 0 radical (unpaired) electrons. The van der Waals surface area contributed by atoms with Gasteiger partial charge in [-0.25, -0.2) is 0 Å². The summed E-state index contributed by atoms with van der Waals surface area (Å²) in [4.78, 5) is 2.57.